The molecule has 0 bridgehead atoms. The van der Waals surface area contributed by atoms with Crippen LogP contribution in [0, 0.1) is 0 Å². The van der Waals surface area contributed by atoms with Crippen LogP contribution in [0.15, 0.2) is 4.34 Å². The van der Waals surface area contributed by atoms with Crippen molar-refractivity contribution in [1.29, 1.82) is 0 Å². The minimum Gasteiger partial charge on any atom is -0.444 e. The number of hydrogen-bond donors (Lipinski definition) is 1. The number of primary amides is 1. The molecule has 19 heavy (non-hydrogen) atoms. The third-order valence-electron chi connectivity index (χ3n) is 2.67. The van der Waals surface area contributed by atoms with E-state index in [0.717, 1.165) is 0 Å². The maximum Gasteiger partial charge on any atom is 0.370 e. The van der Waals surface area contributed by atoms with Crippen LogP contribution >= 0.6 is 11.3 Å². The van der Waals surface area contributed by atoms with E-state index in [1.807, 2.05) is 0 Å². The van der Waals surface area contributed by atoms with Crippen LogP contribution in [0.4, 0.5) is 0 Å². The van der Waals surface area contributed by atoms with Crippen molar-refractivity contribution in [1.82, 2.24) is 10.2 Å². The van der Waals surface area contributed by atoms with E-state index < -0.39 is 27.3 Å². The molecule has 1 heterocycles. The molecule has 1 aromatic rings. The number of esters is 1. The Morgan fingerprint density at radius 3 is 2.53 bits per heavy atom. The summed E-state index contributed by atoms with van der Waals surface area (Å²) in [7, 11) is -3.51. The molecule has 0 aliphatic heterocycles. The summed E-state index contributed by atoms with van der Waals surface area (Å²) in [4.78, 5) is 22.8. The molecular weight excluding hydrogens is 294 g/mol. The quantitative estimate of drug-likeness (QED) is 0.726. The van der Waals surface area contributed by atoms with Gasteiger partial charge in [-0.3, -0.25) is 4.79 Å². The van der Waals surface area contributed by atoms with Crippen molar-refractivity contribution in [3.8, 4) is 0 Å². The number of hydrogen-bond acceptors (Lipinski definition) is 8. The highest BCUT2D eigenvalue weighted by Gasteiger charge is 2.53. The topological polar surface area (TPSA) is 129 Å². The van der Waals surface area contributed by atoms with E-state index in [2.05, 4.69) is 10.2 Å². The van der Waals surface area contributed by atoms with Crippen molar-refractivity contribution in [3.63, 3.8) is 0 Å². The lowest BCUT2D eigenvalue weighted by atomic mass is 10.3. The molecular formula is C9H11N3O5S2. The molecule has 1 aliphatic rings. The lowest BCUT2D eigenvalue weighted by Crippen LogP contribution is -2.35. The van der Waals surface area contributed by atoms with Crippen LogP contribution in [0.5, 0.6) is 0 Å². The molecule has 2 N–H and O–H groups in total. The minimum atomic E-state index is -3.51. The fraction of sp³-hybridized carbons (Fsp3) is 0.556. The average molecular weight is 305 g/mol. The van der Waals surface area contributed by atoms with Gasteiger partial charge in [0.05, 0.1) is 5.75 Å². The number of carbonyl (C=O) groups is 2. The Labute approximate surface area is 112 Å². The molecule has 0 saturated heterocycles. The van der Waals surface area contributed by atoms with Gasteiger partial charge in [-0.1, -0.05) is 18.3 Å². The van der Waals surface area contributed by atoms with Crippen molar-refractivity contribution in [3.05, 3.63) is 5.01 Å². The summed E-state index contributed by atoms with van der Waals surface area (Å²) in [6.45, 7) is 1.46. The summed E-state index contributed by atoms with van der Waals surface area (Å²) in [5.41, 5.74) is 3.85. The van der Waals surface area contributed by atoms with Crippen LogP contribution in [-0.2, 0) is 19.4 Å². The van der Waals surface area contributed by atoms with Gasteiger partial charge in [-0.25, -0.2) is 13.2 Å². The first-order valence-electron chi connectivity index (χ1n) is 5.40. The SMILES string of the molecule is CCS(=O)(=O)c1nnc(C(=O)OC2(C(N)=O)CC2)s1. The van der Waals surface area contributed by atoms with Crippen LogP contribution < -0.4 is 5.73 Å². The zero-order valence-electron chi connectivity index (χ0n) is 9.95. The van der Waals surface area contributed by atoms with Gasteiger partial charge in [0, 0.05) is 12.8 Å². The van der Waals surface area contributed by atoms with Crippen LogP contribution in [0.25, 0.3) is 0 Å². The Balaban J connectivity index is 2.16. The highest BCUT2D eigenvalue weighted by Crippen LogP contribution is 2.40. The van der Waals surface area contributed by atoms with Gasteiger partial charge < -0.3 is 10.5 Å². The number of ether oxygens (including phenoxy) is 1. The second-order valence-corrected chi connectivity index (χ2v) is 7.45. The first-order chi connectivity index (χ1) is 8.81. The van der Waals surface area contributed by atoms with Gasteiger partial charge in [0.1, 0.15) is 0 Å². The van der Waals surface area contributed by atoms with Gasteiger partial charge >= 0.3 is 5.97 Å². The molecule has 0 radical (unpaired) electrons. The Morgan fingerprint density at radius 2 is 2.05 bits per heavy atom. The smallest absolute Gasteiger partial charge is 0.370 e. The number of nitrogens with two attached hydrogens (primary N) is 1. The summed E-state index contributed by atoms with van der Waals surface area (Å²) in [5.74, 6) is -1.74. The van der Waals surface area contributed by atoms with E-state index in [-0.39, 0.29) is 15.1 Å². The van der Waals surface area contributed by atoms with Gasteiger partial charge in [0.2, 0.25) is 19.2 Å². The van der Waals surface area contributed by atoms with E-state index in [9.17, 15) is 18.0 Å². The molecule has 10 heteroatoms. The molecule has 1 aliphatic carbocycles. The molecule has 8 nitrogen and oxygen atoms in total. The van der Waals surface area contributed by atoms with Crippen LogP contribution in [-0.4, -0.2) is 41.8 Å². The predicted octanol–water partition coefficient (Wildman–Crippen LogP) is -0.494. The van der Waals surface area contributed by atoms with Crippen LogP contribution in [0.2, 0.25) is 0 Å². The standard InChI is InChI=1S/C9H11N3O5S2/c1-2-19(15,16)8-12-11-5(18-8)6(13)17-9(3-4-9)7(10)14/h2-4H2,1H3,(H2,10,14). The predicted molar refractivity (Wildman–Crippen MR) is 64.2 cm³/mol. The van der Waals surface area contributed by atoms with E-state index in [4.69, 9.17) is 10.5 Å². The molecule has 1 saturated carbocycles. The zero-order valence-corrected chi connectivity index (χ0v) is 11.6. The van der Waals surface area contributed by atoms with Crippen molar-refractivity contribution < 1.29 is 22.7 Å². The highest BCUT2D eigenvalue weighted by atomic mass is 32.2. The van der Waals surface area contributed by atoms with Crippen LogP contribution in [0.1, 0.15) is 29.6 Å². The third kappa shape index (κ3) is 2.59. The maximum absolute atomic E-state index is 11.7. The lowest BCUT2D eigenvalue weighted by Gasteiger charge is -2.10. The second-order valence-electron chi connectivity index (χ2n) is 4.02. The van der Waals surface area contributed by atoms with E-state index in [0.29, 0.717) is 24.2 Å². The average Bonchev–Trinajstić information content (AvgIpc) is 2.95. The maximum atomic E-state index is 11.7. The summed E-state index contributed by atoms with van der Waals surface area (Å²) < 4.78 is 27.8. The fourth-order valence-corrected chi connectivity index (χ4v) is 3.24. The summed E-state index contributed by atoms with van der Waals surface area (Å²) in [6.07, 6.45) is 0.736. The van der Waals surface area contributed by atoms with Gasteiger partial charge in [-0.15, -0.1) is 10.2 Å². The van der Waals surface area contributed by atoms with Crippen molar-refractivity contribution in [2.24, 2.45) is 5.73 Å². The van der Waals surface area contributed by atoms with Gasteiger partial charge in [-0.05, 0) is 0 Å². The minimum absolute atomic E-state index is 0.137. The molecule has 0 unspecified atom stereocenters. The monoisotopic (exact) mass is 305 g/mol. The molecule has 2 rings (SSSR count). The number of aromatic nitrogens is 2. The highest BCUT2D eigenvalue weighted by molar-refractivity contribution is 7.93. The van der Waals surface area contributed by atoms with Crippen LogP contribution in [0.3, 0.4) is 0 Å². The summed E-state index contributed by atoms with van der Waals surface area (Å²) >= 11 is 0.616. The van der Waals surface area contributed by atoms with Crippen molar-refractivity contribution in [2.45, 2.75) is 29.7 Å². The van der Waals surface area contributed by atoms with Crippen molar-refractivity contribution >= 4 is 33.1 Å². The van der Waals surface area contributed by atoms with E-state index in [1.54, 1.807) is 0 Å². The molecule has 1 aromatic heterocycles. The zero-order chi connectivity index (χ0) is 14.3. The normalized spacial score (nSPS) is 16.9. The number of sulfone groups is 1. The Kier molecular flexibility index (Phi) is 3.31. The number of amides is 1. The Bertz CT molecular complexity index is 632. The van der Waals surface area contributed by atoms with Gasteiger partial charge in [0.15, 0.2) is 5.60 Å². The third-order valence-corrected chi connectivity index (χ3v) is 5.75. The largest absolute Gasteiger partial charge is 0.444 e. The molecule has 0 spiro atoms. The lowest BCUT2D eigenvalue weighted by molar-refractivity contribution is -0.128. The molecule has 0 aromatic carbocycles. The number of nitrogens with zero attached hydrogens (tertiary/aromatic N) is 2. The van der Waals surface area contributed by atoms with Crippen molar-refractivity contribution in [2.75, 3.05) is 5.75 Å². The first kappa shape index (κ1) is 13.9. The summed E-state index contributed by atoms with van der Waals surface area (Å²) in [6, 6.07) is 0. The molecule has 1 amide bonds. The number of rotatable bonds is 5. The Hall–Kier alpha value is -1.55. The van der Waals surface area contributed by atoms with Gasteiger partial charge in [0.25, 0.3) is 5.91 Å². The summed E-state index contributed by atoms with van der Waals surface area (Å²) in [5, 5.41) is 6.69. The fourth-order valence-electron chi connectivity index (χ4n) is 1.27. The molecule has 104 valence electrons. The Morgan fingerprint density at radius 1 is 1.42 bits per heavy atom. The van der Waals surface area contributed by atoms with E-state index in [1.165, 1.54) is 6.92 Å². The molecule has 1 fully saturated rings. The second kappa shape index (κ2) is 4.53. The molecule has 0 atom stereocenters. The van der Waals surface area contributed by atoms with E-state index >= 15 is 0 Å². The first-order valence-corrected chi connectivity index (χ1v) is 7.87. The number of carbonyl (C=O) groups excluding carboxylic acids is 2. The van der Waals surface area contributed by atoms with Gasteiger partial charge in [-0.2, -0.15) is 0 Å².